The Morgan fingerprint density at radius 1 is 1.00 bits per heavy atom. The van der Waals surface area contributed by atoms with Gasteiger partial charge in [0.2, 0.25) is 5.91 Å². The first-order chi connectivity index (χ1) is 19.1. The normalized spacial score (nSPS) is 17.9. The van der Waals surface area contributed by atoms with Gasteiger partial charge in [-0.2, -0.15) is 13.2 Å². The molecule has 12 heteroatoms. The number of fused-ring (bicyclic) bond motifs is 1. The van der Waals surface area contributed by atoms with E-state index in [1.807, 2.05) is 0 Å². The number of halogens is 4. The number of allylic oxidation sites excluding steroid dienone is 1. The van der Waals surface area contributed by atoms with Crippen LogP contribution in [0.4, 0.5) is 17.6 Å². The van der Waals surface area contributed by atoms with E-state index in [0.29, 0.717) is 67.1 Å². The summed E-state index contributed by atoms with van der Waals surface area (Å²) in [6.07, 6.45) is -2.07. The number of ether oxygens (including phenoxy) is 1. The second-order valence-corrected chi connectivity index (χ2v) is 9.79. The lowest BCUT2D eigenvalue weighted by Gasteiger charge is -2.37. The van der Waals surface area contributed by atoms with Crippen LogP contribution in [0.1, 0.15) is 41.5 Å². The molecule has 0 bridgehead atoms. The van der Waals surface area contributed by atoms with Gasteiger partial charge in [0.15, 0.2) is 5.69 Å². The van der Waals surface area contributed by atoms with Crippen LogP contribution < -0.4 is 15.9 Å². The average molecular weight is 558 g/mol. The van der Waals surface area contributed by atoms with Crippen molar-refractivity contribution in [2.75, 3.05) is 25.1 Å². The Kier molecular flexibility index (Phi) is 7.51. The minimum atomic E-state index is -4.54. The van der Waals surface area contributed by atoms with Crippen molar-refractivity contribution in [1.82, 2.24) is 14.6 Å². The van der Waals surface area contributed by atoms with Gasteiger partial charge in [0.05, 0.1) is 0 Å². The number of likely N-dealkylation sites (tertiary alicyclic amines) is 1. The van der Waals surface area contributed by atoms with Crippen LogP contribution in [0.15, 0.2) is 60.7 Å². The van der Waals surface area contributed by atoms with E-state index >= 15 is 0 Å². The van der Waals surface area contributed by atoms with E-state index in [0.717, 1.165) is 6.42 Å². The molecule has 2 aliphatic heterocycles. The quantitative estimate of drug-likeness (QED) is 0.329. The molecule has 1 saturated heterocycles. The van der Waals surface area contributed by atoms with Crippen LogP contribution in [-0.4, -0.2) is 52.2 Å². The second kappa shape index (κ2) is 11.0. The van der Waals surface area contributed by atoms with Gasteiger partial charge in [-0.05, 0) is 73.7 Å². The second-order valence-electron chi connectivity index (χ2n) is 9.79. The fraction of sp³-hybridized carbons (Fsp3) is 0.321. The van der Waals surface area contributed by atoms with Crippen LogP contribution in [0, 0.1) is 11.7 Å². The molecule has 3 N–H and O–H groups in total. The molecule has 8 nitrogen and oxygen atoms in total. The van der Waals surface area contributed by atoms with Crippen molar-refractivity contribution in [2.45, 2.75) is 31.4 Å². The standard InChI is InChI=1S/C28H27F4N5O3/c29-19-3-7-21(8-4-19)40-20-5-1-18(2-6-20)24-25(26(33)39)37-27(35-24)22(10-14-34-37)17-11-15-36(16-12-17)23(38)9-13-28(30,31)32/h1-9,13,17,22,34H,10-12,14-16H2,(H2,33,39). The zero-order valence-corrected chi connectivity index (χ0v) is 21.3. The van der Waals surface area contributed by atoms with Crippen LogP contribution >= 0.6 is 0 Å². The van der Waals surface area contributed by atoms with Gasteiger partial charge in [-0.1, -0.05) is 0 Å². The Balaban J connectivity index is 1.34. The highest BCUT2D eigenvalue weighted by atomic mass is 19.4. The molecule has 5 rings (SSSR count). The Morgan fingerprint density at radius 2 is 1.62 bits per heavy atom. The number of carbonyl (C=O) groups is 2. The van der Waals surface area contributed by atoms with Gasteiger partial charge in [0.25, 0.3) is 5.91 Å². The molecule has 2 aromatic carbocycles. The molecule has 1 aromatic heterocycles. The number of alkyl halides is 3. The van der Waals surface area contributed by atoms with Crippen LogP contribution in [0.3, 0.4) is 0 Å². The van der Waals surface area contributed by atoms with Gasteiger partial charge < -0.3 is 20.8 Å². The Hall–Kier alpha value is -4.35. The van der Waals surface area contributed by atoms with Crippen molar-refractivity contribution in [3.05, 3.63) is 78.0 Å². The number of imidazole rings is 1. The number of benzene rings is 2. The van der Waals surface area contributed by atoms with Gasteiger partial charge in [-0.25, -0.2) is 14.1 Å². The van der Waals surface area contributed by atoms with Gasteiger partial charge >= 0.3 is 6.18 Å². The minimum Gasteiger partial charge on any atom is -0.457 e. The van der Waals surface area contributed by atoms with E-state index in [4.69, 9.17) is 15.5 Å². The summed E-state index contributed by atoms with van der Waals surface area (Å²) in [5.41, 5.74) is 10.3. The minimum absolute atomic E-state index is 0.0304. The van der Waals surface area contributed by atoms with E-state index in [9.17, 15) is 27.2 Å². The van der Waals surface area contributed by atoms with E-state index < -0.39 is 18.0 Å². The van der Waals surface area contributed by atoms with E-state index in [1.165, 1.54) is 29.2 Å². The summed E-state index contributed by atoms with van der Waals surface area (Å²) in [4.78, 5) is 31.0. The first-order valence-corrected chi connectivity index (χ1v) is 12.8. The molecule has 0 aliphatic carbocycles. The molecule has 0 spiro atoms. The third-order valence-electron chi connectivity index (χ3n) is 7.21. The van der Waals surface area contributed by atoms with Crippen molar-refractivity contribution < 1.29 is 31.9 Å². The molecule has 2 amide bonds. The number of nitrogens with one attached hydrogen (secondary N) is 1. The van der Waals surface area contributed by atoms with Crippen molar-refractivity contribution in [1.29, 1.82) is 0 Å². The van der Waals surface area contributed by atoms with E-state index in [1.54, 1.807) is 28.9 Å². The van der Waals surface area contributed by atoms with Crippen LogP contribution in [-0.2, 0) is 4.79 Å². The molecule has 40 heavy (non-hydrogen) atoms. The summed E-state index contributed by atoms with van der Waals surface area (Å²) in [5, 5.41) is 0. The fourth-order valence-electron chi connectivity index (χ4n) is 5.30. The van der Waals surface area contributed by atoms with E-state index in [-0.39, 0.29) is 29.4 Å². The lowest BCUT2D eigenvalue weighted by Crippen LogP contribution is -2.41. The largest absolute Gasteiger partial charge is 0.457 e. The lowest BCUT2D eigenvalue weighted by molar-refractivity contribution is -0.128. The Morgan fingerprint density at radius 3 is 2.23 bits per heavy atom. The number of hydrogen-bond acceptors (Lipinski definition) is 5. The van der Waals surface area contributed by atoms with Crippen LogP contribution in [0.25, 0.3) is 11.3 Å². The summed E-state index contributed by atoms with van der Waals surface area (Å²) in [7, 11) is 0. The Labute approximate surface area is 227 Å². The number of amides is 2. The first kappa shape index (κ1) is 27.2. The third kappa shape index (κ3) is 5.95. The number of rotatable bonds is 6. The van der Waals surface area contributed by atoms with E-state index in [2.05, 4.69) is 5.43 Å². The molecular formula is C28H27F4N5O3. The molecular weight excluding hydrogens is 530 g/mol. The molecule has 1 unspecified atom stereocenters. The molecule has 0 radical (unpaired) electrons. The van der Waals surface area contributed by atoms with Gasteiger partial charge in [0.1, 0.15) is 28.8 Å². The SMILES string of the molecule is NC(=O)c1c(-c2ccc(Oc3ccc(F)cc3)cc2)nc2n1NCCC2C1CCN(C(=O)C=CC(F)(F)F)CC1. The molecule has 1 fully saturated rings. The van der Waals surface area contributed by atoms with Gasteiger partial charge in [0, 0.05) is 43.3 Å². The maximum Gasteiger partial charge on any atom is 0.409 e. The third-order valence-corrected chi connectivity index (χ3v) is 7.21. The summed E-state index contributed by atoms with van der Waals surface area (Å²) in [6.45, 7) is 1.24. The number of carbonyl (C=O) groups excluding carboxylic acids is 2. The predicted octanol–water partition coefficient (Wildman–Crippen LogP) is 4.97. The van der Waals surface area contributed by atoms with Crippen molar-refractivity contribution in [3.8, 4) is 22.8 Å². The predicted molar refractivity (Wildman–Crippen MR) is 139 cm³/mol. The molecule has 0 saturated carbocycles. The summed E-state index contributed by atoms with van der Waals surface area (Å²) >= 11 is 0. The number of nitrogens with zero attached hydrogens (tertiary/aromatic N) is 3. The number of piperidine rings is 1. The summed E-state index contributed by atoms with van der Waals surface area (Å²) < 4.78 is 57.9. The average Bonchev–Trinajstić information content (AvgIpc) is 3.33. The maximum atomic E-state index is 13.2. The highest BCUT2D eigenvalue weighted by Crippen LogP contribution is 2.39. The monoisotopic (exact) mass is 557 g/mol. The maximum absolute atomic E-state index is 13.2. The Bertz CT molecular complexity index is 1410. The molecule has 3 heterocycles. The van der Waals surface area contributed by atoms with Crippen molar-refractivity contribution in [2.24, 2.45) is 11.7 Å². The summed E-state index contributed by atoms with van der Waals surface area (Å²) in [5.74, 6) is 0.0649. The van der Waals surface area contributed by atoms with Crippen molar-refractivity contribution >= 4 is 11.8 Å². The number of primary amides is 1. The number of aromatic nitrogens is 2. The zero-order chi connectivity index (χ0) is 28.4. The summed E-state index contributed by atoms with van der Waals surface area (Å²) in [6, 6.07) is 12.6. The molecule has 1 atom stereocenters. The van der Waals surface area contributed by atoms with Crippen molar-refractivity contribution in [3.63, 3.8) is 0 Å². The number of hydrogen-bond donors (Lipinski definition) is 2. The topological polar surface area (TPSA) is 102 Å². The first-order valence-electron chi connectivity index (χ1n) is 12.8. The van der Waals surface area contributed by atoms with Crippen LogP contribution in [0.5, 0.6) is 11.5 Å². The van der Waals surface area contributed by atoms with Gasteiger partial charge in [-0.3, -0.25) is 9.59 Å². The zero-order valence-electron chi connectivity index (χ0n) is 21.3. The highest BCUT2D eigenvalue weighted by Gasteiger charge is 2.36. The molecule has 3 aromatic rings. The van der Waals surface area contributed by atoms with Crippen LogP contribution in [0.2, 0.25) is 0 Å². The van der Waals surface area contributed by atoms with Gasteiger partial charge in [-0.15, -0.1) is 0 Å². The highest BCUT2D eigenvalue weighted by molar-refractivity contribution is 5.97. The molecule has 2 aliphatic rings. The number of nitrogens with two attached hydrogens (primary N) is 1. The molecule has 210 valence electrons. The fourth-order valence-corrected chi connectivity index (χ4v) is 5.30. The lowest BCUT2D eigenvalue weighted by atomic mass is 9.81. The smallest absolute Gasteiger partial charge is 0.409 e.